The Morgan fingerprint density at radius 3 is 3.06 bits per heavy atom. The Kier molecular flexibility index (Phi) is 6.58. The van der Waals surface area contributed by atoms with Gasteiger partial charge in [-0.15, -0.1) is 0 Å². The highest BCUT2D eigenvalue weighted by Crippen LogP contribution is 2.35. The van der Waals surface area contributed by atoms with Gasteiger partial charge in [-0.05, 0) is 24.1 Å². The van der Waals surface area contributed by atoms with E-state index in [1.807, 2.05) is 0 Å². The van der Waals surface area contributed by atoms with Crippen molar-refractivity contribution in [3.8, 4) is 5.75 Å². The second-order valence-electron chi connectivity index (χ2n) is 8.55. The van der Waals surface area contributed by atoms with E-state index in [2.05, 4.69) is 26.3 Å². The van der Waals surface area contributed by atoms with Gasteiger partial charge >= 0.3 is 0 Å². The summed E-state index contributed by atoms with van der Waals surface area (Å²) in [6.07, 6.45) is 3.72. The van der Waals surface area contributed by atoms with Crippen molar-refractivity contribution in [1.29, 1.82) is 0 Å². The van der Waals surface area contributed by atoms with E-state index in [1.165, 1.54) is 6.07 Å². The zero-order valence-electron chi connectivity index (χ0n) is 18.3. The van der Waals surface area contributed by atoms with Gasteiger partial charge in [0.2, 0.25) is 0 Å². The average Bonchev–Trinajstić information content (AvgIpc) is 3.41. The molecule has 0 unspecified atom stereocenters. The number of likely N-dealkylation sites (tertiary alicyclic amines) is 1. The summed E-state index contributed by atoms with van der Waals surface area (Å²) >= 11 is 8.14. The number of aliphatic hydroxyl groups excluding tert-OH is 1. The summed E-state index contributed by atoms with van der Waals surface area (Å²) in [5.74, 6) is 1.65. The maximum atomic E-state index is 12.1. The standard InChI is InChI=1S/C23H26ClN5O3S/c1-28-22(31)3-2-18-23(28)16(17(24)9-27-18)4-5-29-11-14(19(30)12-29)7-25-8-15-6-21-20(10-26-15)32-13-33-21/h2-3,6,9-10,14,19,25,30H,4-5,7-8,11-13H2,1H3/t14-,19+/m0/s1. The molecule has 10 heteroatoms. The third kappa shape index (κ3) is 4.74. The van der Waals surface area contributed by atoms with Crippen LogP contribution in [0.4, 0.5) is 0 Å². The highest BCUT2D eigenvalue weighted by molar-refractivity contribution is 7.99. The van der Waals surface area contributed by atoms with Crippen molar-refractivity contribution in [2.45, 2.75) is 24.0 Å². The normalized spacial score (nSPS) is 20.3. The van der Waals surface area contributed by atoms with Crippen molar-refractivity contribution in [3.05, 3.63) is 57.2 Å². The monoisotopic (exact) mass is 487 g/mol. The summed E-state index contributed by atoms with van der Waals surface area (Å²) in [5, 5.41) is 14.6. The number of hydrogen-bond donors (Lipinski definition) is 2. The fourth-order valence-corrected chi connectivity index (χ4v) is 5.58. The van der Waals surface area contributed by atoms with Crippen LogP contribution in [-0.4, -0.2) is 62.8 Å². The fourth-order valence-electron chi connectivity index (χ4n) is 4.56. The van der Waals surface area contributed by atoms with Gasteiger partial charge < -0.3 is 24.6 Å². The van der Waals surface area contributed by atoms with E-state index in [9.17, 15) is 9.90 Å². The number of nitrogens with zero attached hydrogens (tertiary/aromatic N) is 4. The molecule has 0 spiro atoms. The number of halogens is 1. The van der Waals surface area contributed by atoms with Crippen molar-refractivity contribution in [2.75, 3.05) is 32.1 Å². The van der Waals surface area contributed by atoms with Crippen LogP contribution in [0.25, 0.3) is 11.0 Å². The van der Waals surface area contributed by atoms with E-state index in [0.717, 1.165) is 46.0 Å². The SMILES string of the molecule is Cn1c(=O)ccc2ncc(Cl)c(CCN3C[C@H](CNCc4cc5c(cn4)OCS5)[C@H](O)C3)c21. The molecule has 33 heavy (non-hydrogen) atoms. The van der Waals surface area contributed by atoms with E-state index in [4.69, 9.17) is 16.3 Å². The Balaban J connectivity index is 1.18. The lowest BCUT2D eigenvalue weighted by atomic mass is 10.1. The molecule has 8 nitrogen and oxygen atoms in total. The van der Waals surface area contributed by atoms with Gasteiger partial charge in [0.05, 0.1) is 38.9 Å². The number of nitrogens with one attached hydrogen (secondary N) is 1. The predicted octanol–water partition coefficient (Wildman–Crippen LogP) is 2.05. The Labute approximate surface area is 200 Å². The number of aryl methyl sites for hydroxylation is 1. The van der Waals surface area contributed by atoms with Crippen LogP contribution in [0.5, 0.6) is 5.75 Å². The average molecular weight is 488 g/mol. The van der Waals surface area contributed by atoms with Crippen molar-refractivity contribution in [1.82, 2.24) is 24.8 Å². The van der Waals surface area contributed by atoms with E-state index >= 15 is 0 Å². The summed E-state index contributed by atoms with van der Waals surface area (Å²) in [4.78, 5) is 24.3. The molecule has 2 aliphatic rings. The van der Waals surface area contributed by atoms with Crippen LogP contribution in [0, 0.1) is 5.92 Å². The summed E-state index contributed by atoms with van der Waals surface area (Å²) in [7, 11) is 1.75. The molecular formula is C23H26ClN5O3S. The van der Waals surface area contributed by atoms with Crippen molar-refractivity contribution < 1.29 is 9.84 Å². The zero-order valence-corrected chi connectivity index (χ0v) is 19.9. The van der Waals surface area contributed by atoms with Crippen LogP contribution >= 0.6 is 23.4 Å². The molecule has 1 fully saturated rings. The molecule has 3 aromatic rings. The minimum absolute atomic E-state index is 0.0838. The van der Waals surface area contributed by atoms with E-state index < -0.39 is 0 Å². The van der Waals surface area contributed by atoms with Gasteiger partial charge in [-0.2, -0.15) is 0 Å². The largest absolute Gasteiger partial charge is 0.480 e. The molecular weight excluding hydrogens is 462 g/mol. The van der Waals surface area contributed by atoms with E-state index in [0.29, 0.717) is 37.0 Å². The minimum atomic E-state index is -0.386. The number of β-amino-alcohol motifs (C(OH)–C–C–N with tert-alkyl or cyclic N) is 1. The topological polar surface area (TPSA) is 92.5 Å². The number of aromatic nitrogens is 3. The van der Waals surface area contributed by atoms with Crippen LogP contribution in [-0.2, 0) is 20.0 Å². The molecule has 1 saturated heterocycles. The Bertz CT molecular complexity index is 1240. The molecule has 0 aliphatic carbocycles. The smallest absolute Gasteiger partial charge is 0.250 e. The van der Waals surface area contributed by atoms with Gasteiger partial charge in [0.25, 0.3) is 5.56 Å². The fraction of sp³-hybridized carbons (Fsp3) is 0.435. The maximum Gasteiger partial charge on any atom is 0.250 e. The first kappa shape index (κ1) is 22.6. The Hall–Kier alpha value is -2.17. The molecule has 0 saturated carbocycles. The van der Waals surface area contributed by atoms with Gasteiger partial charge in [0.1, 0.15) is 5.94 Å². The number of fused-ring (bicyclic) bond motifs is 2. The number of hydrogen-bond acceptors (Lipinski definition) is 8. The number of rotatable bonds is 7. The first-order valence-corrected chi connectivity index (χ1v) is 12.3. The molecule has 2 atom stereocenters. The van der Waals surface area contributed by atoms with Gasteiger partial charge in [0, 0.05) is 58.0 Å². The molecule has 2 N–H and O–H groups in total. The first-order valence-electron chi connectivity index (χ1n) is 11.0. The van der Waals surface area contributed by atoms with Gasteiger partial charge in [0.15, 0.2) is 5.75 Å². The Morgan fingerprint density at radius 2 is 2.18 bits per heavy atom. The third-order valence-electron chi connectivity index (χ3n) is 6.37. The number of ether oxygens (including phenoxy) is 1. The number of aliphatic hydroxyl groups is 1. The van der Waals surface area contributed by atoms with E-state index in [-0.39, 0.29) is 17.6 Å². The predicted molar refractivity (Wildman–Crippen MR) is 129 cm³/mol. The van der Waals surface area contributed by atoms with Gasteiger partial charge in [-0.25, -0.2) is 0 Å². The quantitative estimate of drug-likeness (QED) is 0.523. The molecule has 3 aromatic heterocycles. The first-order chi connectivity index (χ1) is 16.0. The second-order valence-corrected chi connectivity index (χ2v) is 9.92. The zero-order chi connectivity index (χ0) is 22.9. The Morgan fingerprint density at radius 1 is 1.30 bits per heavy atom. The lowest BCUT2D eigenvalue weighted by molar-refractivity contribution is 0.140. The van der Waals surface area contributed by atoms with Crippen molar-refractivity contribution in [2.24, 2.45) is 13.0 Å². The number of thioether (sulfide) groups is 1. The number of pyridine rings is 3. The van der Waals surface area contributed by atoms with Crippen LogP contribution in [0.15, 0.2) is 40.3 Å². The highest BCUT2D eigenvalue weighted by Gasteiger charge is 2.31. The van der Waals surface area contributed by atoms with Crippen molar-refractivity contribution in [3.63, 3.8) is 0 Å². The molecule has 0 radical (unpaired) electrons. The van der Waals surface area contributed by atoms with Gasteiger partial charge in [-0.1, -0.05) is 23.4 Å². The molecule has 5 rings (SSSR count). The molecule has 0 aromatic carbocycles. The van der Waals surface area contributed by atoms with Crippen LogP contribution in [0.1, 0.15) is 11.3 Å². The van der Waals surface area contributed by atoms with Crippen molar-refractivity contribution >= 4 is 34.4 Å². The molecule has 5 heterocycles. The second kappa shape index (κ2) is 9.60. The third-order valence-corrected chi connectivity index (χ3v) is 7.56. The lowest BCUT2D eigenvalue weighted by Crippen LogP contribution is -2.30. The molecule has 0 bridgehead atoms. The molecule has 0 amide bonds. The van der Waals surface area contributed by atoms with Crippen LogP contribution in [0.2, 0.25) is 5.02 Å². The van der Waals surface area contributed by atoms with Gasteiger partial charge in [-0.3, -0.25) is 14.8 Å². The van der Waals surface area contributed by atoms with Crippen LogP contribution in [0.3, 0.4) is 0 Å². The van der Waals surface area contributed by atoms with Crippen LogP contribution < -0.4 is 15.6 Å². The summed E-state index contributed by atoms with van der Waals surface area (Å²) < 4.78 is 7.08. The molecule has 2 aliphatic heterocycles. The summed E-state index contributed by atoms with van der Waals surface area (Å²) in [6.45, 7) is 3.54. The summed E-state index contributed by atoms with van der Waals surface area (Å²) in [6, 6.07) is 5.32. The lowest BCUT2D eigenvalue weighted by Gasteiger charge is -2.18. The highest BCUT2D eigenvalue weighted by atomic mass is 35.5. The minimum Gasteiger partial charge on any atom is -0.480 e. The van der Waals surface area contributed by atoms with E-state index in [1.54, 1.807) is 41.8 Å². The summed E-state index contributed by atoms with van der Waals surface area (Å²) in [5.41, 5.74) is 3.34. The maximum absolute atomic E-state index is 12.1. The molecule has 174 valence electrons.